The monoisotopic (exact) mass is 287 g/mol. The van der Waals surface area contributed by atoms with Gasteiger partial charge in [-0.25, -0.2) is 0 Å². The lowest BCUT2D eigenvalue weighted by Gasteiger charge is -2.33. The first-order chi connectivity index (χ1) is 9.29. The Hall–Kier alpha value is -1.72. The summed E-state index contributed by atoms with van der Waals surface area (Å²) >= 11 is 0. The highest BCUT2D eigenvalue weighted by atomic mass is 19.4. The number of aromatic hydroxyl groups is 1. The van der Waals surface area contributed by atoms with Gasteiger partial charge >= 0.3 is 6.18 Å². The quantitative estimate of drug-likeness (QED) is 0.862. The molecule has 0 spiro atoms. The van der Waals surface area contributed by atoms with Gasteiger partial charge in [0.2, 0.25) is 0 Å². The Balaban J connectivity index is 2.16. The molecule has 0 aromatic heterocycles. The largest absolute Gasteiger partial charge is 0.507 e. The van der Waals surface area contributed by atoms with E-state index in [1.807, 2.05) is 0 Å². The second-order valence-electron chi connectivity index (χ2n) is 5.15. The molecule has 0 radical (unpaired) electrons. The van der Waals surface area contributed by atoms with E-state index in [0.717, 1.165) is 5.56 Å². The Kier molecular flexibility index (Phi) is 3.92. The molecule has 6 heteroatoms. The zero-order chi connectivity index (χ0) is 14.9. The third-order valence-corrected chi connectivity index (χ3v) is 3.56. The van der Waals surface area contributed by atoms with Crippen LogP contribution >= 0.6 is 0 Å². The molecule has 2 rings (SSSR count). The second kappa shape index (κ2) is 5.34. The van der Waals surface area contributed by atoms with E-state index in [4.69, 9.17) is 0 Å². The third kappa shape index (κ3) is 3.05. The van der Waals surface area contributed by atoms with Crippen LogP contribution in [0.4, 0.5) is 13.2 Å². The van der Waals surface area contributed by atoms with Gasteiger partial charge in [-0.2, -0.15) is 13.2 Å². The summed E-state index contributed by atoms with van der Waals surface area (Å²) in [5.74, 6) is -2.21. The number of hydrogen-bond acceptors (Lipinski definition) is 2. The number of benzene rings is 1. The number of nitrogens with zero attached hydrogens (tertiary/aromatic N) is 1. The fraction of sp³-hybridized carbons (Fsp3) is 0.500. The van der Waals surface area contributed by atoms with Crippen molar-refractivity contribution in [3.63, 3.8) is 0 Å². The van der Waals surface area contributed by atoms with E-state index in [9.17, 15) is 23.1 Å². The van der Waals surface area contributed by atoms with Gasteiger partial charge in [0.15, 0.2) is 0 Å². The molecule has 1 aromatic rings. The first kappa shape index (κ1) is 14.7. The molecule has 20 heavy (non-hydrogen) atoms. The van der Waals surface area contributed by atoms with Gasteiger partial charge in [0.05, 0.1) is 11.5 Å². The maximum absolute atomic E-state index is 12.7. The van der Waals surface area contributed by atoms with Crippen LogP contribution in [0.3, 0.4) is 0 Å². The van der Waals surface area contributed by atoms with Crippen LogP contribution in [-0.2, 0) is 0 Å². The van der Waals surface area contributed by atoms with Crippen molar-refractivity contribution in [1.29, 1.82) is 0 Å². The van der Waals surface area contributed by atoms with Crippen LogP contribution in [0.5, 0.6) is 5.75 Å². The van der Waals surface area contributed by atoms with E-state index < -0.39 is 18.0 Å². The predicted molar refractivity (Wildman–Crippen MR) is 67.5 cm³/mol. The Labute approximate surface area is 115 Å². The van der Waals surface area contributed by atoms with E-state index in [2.05, 4.69) is 0 Å². The van der Waals surface area contributed by atoms with Crippen molar-refractivity contribution in [3.8, 4) is 5.75 Å². The first-order valence-corrected chi connectivity index (χ1v) is 6.44. The molecule has 1 N–H and O–H groups in total. The van der Waals surface area contributed by atoms with Gasteiger partial charge in [0, 0.05) is 13.1 Å². The molecule has 110 valence electrons. The number of likely N-dealkylation sites (tertiary alicyclic amines) is 1. The minimum absolute atomic E-state index is 0.0488. The van der Waals surface area contributed by atoms with Gasteiger partial charge in [-0.05, 0) is 37.5 Å². The highest BCUT2D eigenvalue weighted by Gasteiger charge is 2.42. The van der Waals surface area contributed by atoms with Crippen LogP contribution in [-0.4, -0.2) is 35.2 Å². The van der Waals surface area contributed by atoms with Crippen LogP contribution in [0.2, 0.25) is 0 Å². The number of carbonyl (C=O) groups is 1. The fourth-order valence-electron chi connectivity index (χ4n) is 2.42. The number of aryl methyl sites for hydroxylation is 1. The molecule has 1 aromatic carbocycles. The van der Waals surface area contributed by atoms with Gasteiger partial charge in [0.25, 0.3) is 5.91 Å². The molecule has 1 fully saturated rings. The molecular weight excluding hydrogens is 271 g/mol. The van der Waals surface area contributed by atoms with Crippen LogP contribution in [0.15, 0.2) is 18.2 Å². The Morgan fingerprint density at radius 3 is 2.70 bits per heavy atom. The fourth-order valence-corrected chi connectivity index (χ4v) is 2.42. The molecule has 1 saturated heterocycles. The van der Waals surface area contributed by atoms with E-state index in [0.29, 0.717) is 13.0 Å². The maximum atomic E-state index is 12.7. The van der Waals surface area contributed by atoms with Crippen LogP contribution in [0.25, 0.3) is 0 Å². The Morgan fingerprint density at radius 2 is 2.10 bits per heavy atom. The molecule has 1 aliphatic heterocycles. The van der Waals surface area contributed by atoms with E-state index in [1.54, 1.807) is 13.0 Å². The summed E-state index contributed by atoms with van der Waals surface area (Å²) in [5, 5.41) is 9.75. The lowest BCUT2D eigenvalue weighted by atomic mass is 9.96. The van der Waals surface area contributed by atoms with Crippen molar-refractivity contribution in [2.45, 2.75) is 25.9 Å². The van der Waals surface area contributed by atoms with Crippen LogP contribution < -0.4 is 0 Å². The first-order valence-electron chi connectivity index (χ1n) is 6.44. The molecule has 0 saturated carbocycles. The molecule has 1 amide bonds. The molecule has 1 atom stereocenters. The summed E-state index contributed by atoms with van der Waals surface area (Å²) in [5.41, 5.74) is 0.837. The summed E-state index contributed by atoms with van der Waals surface area (Å²) in [6.07, 6.45) is -3.91. The van der Waals surface area contributed by atoms with Gasteiger partial charge in [-0.15, -0.1) is 0 Å². The Morgan fingerprint density at radius 1 is 1.40 bits per heavy atom. The standard InChI is InChI=1S/C14H16F3NO2/c1-9-4-5-11(12(19)7-9)13(20)18-6-2-3-10(8-18)14(15,16)17/h4-5,7,10,19H,2-3,6,8H2,1H3. The summed E-state index contributed by atoms with van der Waals surface area (Å²) in [7, 11) is 0. The Bertz CT molecular complexity index is 514. The zero-order valence-electron chi connectivity index (χ0n) is 11.1. The number of phenols is 1. The molecular formula is C14H16F3NO2. The van der Waals surface area contributed by atoms with E-state index in [-0.39, 0.29) is 24.3 Å². The van der Waals surface area contributed by atoms with Gasteiger partial charge < -0.3 is 10.0 Å². The number of amides is 1. The molecule has 0 bridgehead atoms. The van der Waals surface area contributed by atoms with Crippen molar-refractivity contribution >= 4 is 5.91 Å². The lowest BCUT2D eigenvalue weighted by molar-refractivity contribution is -0.184. The number of phenolic OH excluding ortho intramolecular Hbond substituents is 1. The molecule has 3 nitrogen and oxygen atoms in total. The number of alkyl halides is 3. The number of halogens is 3. The summed E-state index contributed by atoms with van der Waals surface area (Å²) < 4.78 is 38.2. The summed E-state index contributed by atoms with van der Waals surface area (Å²) in [6.45, 7) is 1.71. The van der Waals surface area contributed by atoms with Gasteiger partial charge in [-0.3, -0.25) is 4.79 Å². The van der Waals surface area contributed by atoms with Crippen molar-refractivity contribution in [3.05, 3.63) is 29.3 Å². The third-order valence-electron chi connectivity index (χ3n) is 3.56. The number of hydrogen-bond donors (Lipinski definition) is 1. The minimum Gasteiger partial charge on any atom is -0.507 e. The number of piperidine rings is 1. The normalized spacial score (nSPS) is 20.0. The second-order valence-corrected chi connectivity index (χ2v) is 5.15. The number of rotatable bonds is 1. The summed E-state index contributed by atoms with van der Waals surface area (Å²) in [4.78, 5) is 13.4. The average molecular weight is 287 g/mol. The van der Waals surface area contributed by atoms with Crippen molar-refractivity contribution in [2.24, 2.45) is 5.92 Å². The number of carbonyl (C=O) groups excluding carboxylic acids is 1. The zero-order valence-corrected chi connectivity index (χ0v) is 11.1. The SMILES string of the molecule is Cc1ccc(C(=O)N2CCCC(C(F)(F)F)C2)c(O)c1. The van der Waals surface area contributed by atoms with Crippen molar-refractivity contribution in [1.82, 2.24) is 4.90 Å². The van der Waals surface area contributed by atoms with Gasteiger partial charge in [-0.1, -0.05) is 6.07 Å². The van der Waals surface area contributed by atoms with Crippen LogP contribution in [0.1, 0.15) is 28.8 Å². The van der Waals surface area contributed by atoms with Gasteiger partial charge in [0.1, 0.15) is 5.75 Å². The molecule has 1 unspecified atom stereocenters. The lowest BCUT2D eigenvalue weighted by Crippen LogP contribution is -2.44. The topological polar surface area (TPSA) is 40.5 Å². The van der Waals surface area contributed by atoms with Crippen molar-refractivity contribution in [2.75, 3.05) is 13.1 Å². The maximum Gasteiger partial charge on any atom is 0.393 e. The van der Waals surface area contributed by atoms with Crippen molar-refractivity contribution < 1.29 is 23.1 Å². The molecule has 1 aliphatic rings. The highest BCUT2D eigenvalue weighted by molar-refractivity contribution is 5.97. The summed E-state index contributed by atoms with van der Waals surface area (Å²) in [6, 6.07) is 4.53. The van der Waals surface area contributed by atoms with E-state index in [1.165, 1.54) is 17.0 Å². The molecule has 0 aliphatic carbocycles. The smallest absolute Gasteiger partial charge is 0.393 e. The average Bonchev–Trinajstić information content (AvgIpc) is 2.37. The minimum atomic E-state index is -4.28. The van der Waals surface area contributed by atoms with Crippen LogP contribution in [0, 0.1) is 12.8 Å². The predicted octanol–water partition coefficient (Wildman–Crippen LogP) is 3.12. The van der Waals surface area contributed by atoms with E-state index >= 15 is 0 Å². The highest BCUT2D eigenvalue weighted by Crippen LogP contribution is 2.34. The molecule has 1 heterocycles.